The van der Waals surface area contributed by atoms with E-state index < -0.39 is 81.8 Å². The molecule has 0 heterocycles. The Hall–Kier alpha value is -3.01. The first kappa shape index (κ1) is 59.0. The van der Waals surface area contributed by atoms with Crippen LogP contribution in [0.2, 0.25) is 0 Å². The van der Waals surface area contributed by atoms with Gasteiger partial charge < -0.3 is 45.0 Å². The lowest BCUT2D eigenvalue weighted by molar-refractivity contribution is -0.220. The van der Waals surface area contributed by atoms with E-state index in [0.29, 0.717) is 19.3 Å². The maximum absolute atomic E-state index is 12.8. The SMILES string of the molecule is CC/C=C\C/C=C\C/C=C\C/C=C\C=C/C(O)C/C=C\CCC(=O)OC[C@H](COP(=O)(O)OC1[C@H](O)[C@H](O)C(O)[C@H](O)[C@H]1O)OC(=O)CCCCCCC/C=C\CCCCCCCC. The molecule has 14 nitrogen and oxygen atoms in total. The van der Waals surface area contributed by atoms with Crippen molar-refractivity contribution in [1.82, 2.24) is 0 Å². The third kappa shape index (κ3) is 30.2. The number of esters is 2. The second-order valence-corrected chi connectivity index (χ2v) is 17.5. The van der Waals surface area contributed by atoms with E-state index in [1.165, 1.54) is 38.5 Å². The molecule has 15 heteroatoms. The summed E-state index contributed by atoms with van der Waals surface area (Å²) in [4.78, 5) is 35.7. The third-order valence-electron chi connectivity index (χ3n) is 10.3. The van der Waals surface area contributed by atoms with Crippen LogP contribution in [0, 0.1) is 0 Å². The first-order chi connectivity index (χ1) is 30.8. The molecular formula is C49H81O14P. The summed E-state index contributed by atoms with van der Waals surface area (Å²) < 4.78 is 33.4. The highest BCUT2D eigenvalue weighted by Crippen LogP contribution is 2.47. The Morgan fingerprint density at radius 3 is 1.72 bits per heavy atom. The Bertz CT molecular complexity index is 1460. The average Bonchev–Trinajstić information content (AvgIpc) is 3.27. The highest BCUT2D eigenvalue weighted by atomic mass is 31.2. The highest BCUT2D eigenvalue weighted by molar-refractivity contribution is 7.47. The average molecular weight is 925 g/mol. The van der Waals surface area contributed by atoms with Gasteiger partial charge in [-0.1, -0.05) is 150 Å². The molecule has 0 aromatic carbocycles. The summed E-state index contributed by atoms with van der Waals surface area (Å²) in [6, 6.07) is 0. The van der Waals surface area contributed by atoms with Gasteiger partial charge in [-0.2, -0.15) is 0 Å². The second kappa shape index (κ2) is 38.1. The van der Waals surface area contributed by atoms with Gasteiger partial charge in [-0.3, -0.25) is 18.6 Å². The summed E-state index contributed by atoms with van der Waals surface area (Å²) in [7, 11) is -5.17. The topological polar surface area (TPSA) is 230 Å². The van der Waals surface area contributed by atoms with Crippen LogP contribution in [0.25, 0.3) is 0 Å². The van der Waals surface area contributed by atoms with E-state index in [2.05, 4.69) is 62.5 Å². The fourth-order valence-corrected chi connectivity index (χ4v) is 7.48. The monoisotopic (exact) mass is 925 g/mol. The van der Waals surface area contributed by atoms with Crippen molar-refractivity contribution in [2.24, 2.45) is 0 Å². The van der Waals surface area contributed by atoms with E-state index in [-0.39, 0.29) is 12.8 Å². The van der Waals surface area contributed by atoms with E-state index in [9.17, 15) is 49.7 Å². The maximum Gasteiger partial charge on any atom is 0.472 e. The third-order valence-corrected chi connectivity index (χ3v) is 11.3. The molecule has 9 atom stereocenters. The molecule has 1 rings (SSSR count). The first-order valence-electron chi connectivity index (χ1n) is 23.5. The second-order valence-electron chi connectivity index (χ2n) is 16.1. The number of allylic oxidation sites excluding steroid dienone is 12. The lowest BCUT2D eigenvalue weighted by atomic mass is 9.85. The van der Waals surface area contributed by atoms with Gasteiger partial charge in [0, 0.05) is 12.8 Å². The van der Waals surface area contributed by atoms with Crippen LogP contribution in [0.5, 0.6) is 0 Å². The van der Waals surface area contributed by atoms with E-state index in [1.54, 1.807) is 24.3 Å². The Morgan fingerprint density at radius 2 is 1.11 bits per heavy atom. The molecule has 0 spiro atoms. The smallest absolute Gasteiger partial charge is 0.462 e. The molecule has 0 aromatic heterocycles. The number of phosphoric ester groups is 1. The normalized spacial score (nSPS) is 22.8. The number of rotatable bonds is 37. The van der Waals surface area contributed by atoms with Crippen molar-refractivity contribution in [2.75, 3.05) is 13.2 Å². The summed E-state index contributed by atoms with van der Waals surface area (Å²) in [6.07, 6.45) is 32.3. The van der Waals surface area contributed by atoms with Crippen LogP contribution in [0.3, 0.4) is 0 Å². The quantitative estimate of drug-likeness (QED) is 0.0102. The van der Waals surface area contributed by atoms with Gasteiger partial charge in [-0.15, -0.1) is 0 Å². The molecule has 0 radical (unpaired) electrons. The Labute approximate surface area is 382 Å². The standard InChI is InChI=1S/C49H81O14P/c1-3-5-7-9-11-13-15-17-18-20-22-24-26-28-32-37-43(52)62-41(39-61-64(58,59)63-49-47(56)45(54)44(53)46(55)48(49)57)38-60-42(51)36-33-29-31-35-40(50)34-30-27-25-23-21-19-16-14-12-10-8-6-4-2/h6,8,12,14,17-19,21,25,27,29-31,34,40-41,44-50,53-57H,3-5,7,9-11,13,15-16,20,22-24,26,28,32-33,35-39H2,1-2H3,(H,58,59)/b8-6-,14-12-,18-17-,21-19-,27-25-,31-29-,34-30-/t40?,41-,44?,45-,46+,47-,48-,49?/m1/s1. The van der Waals surface area contributed by atoms with Crippen molar-refractivity contribution in [3.8, 4) is 0 Å². The number of unbranched alkanes of at least 4 members (excludes halogenated alkanes) is 11. The van der Waals surface area contributed by atoms with Crippen molar-refractivity contribution in [2.45, 2.75) is 198 Å². The Morgan fingerprint density at radius 1 is 0.578 bits per heavy atom. The van der Waals surface area contributed by atoms with Crippen molar-refractivity contribution in [3.05, 3.63) is 85.1 Å². The lowest BCUT2D eigenvalue weighted by Crippen LogP contribution is -2.64. The number of carbonyl (C=O) groups excluding carboxylic acids is 2. The maximum atomic E-state index is 12.8. The van der Waals surface area contributed by atoms with E-state index >= 15 is 0 Å². The highest BCUT2D eigenvalue weighted by Gasteiger charge is 2.51. The van der Waals surface area contributed by atoms with E-state index in [0.717, 1.165) is 64.2 Å². The largest absolute Gasteiger partial charge is 0.472 e. The van der Waals surface area contributed by atoms with Crippen LogP contribution < -0.4 is 0 Å². The van der Waals surface area contributed by atoms with Crippen LogP contribution >= 0.6 is 7.82 Å². The zero-order valence-corrected chi connectivity index (χ0v) is 39.3. The zero-order chi connectivity index (χ0) is 47.3. The van der Waals surface area contributed by atoms with Crippen molar-refractivity contribution in [1.29, 1.82) is 0 Å². The lowest BCUT2D eigenvalue weighted by Gasteiger charge is -2.41. The molecule has 0 amide bonds. The fraction of sp³-hybridized carbons (Fsp3) is 0.673. The van der Waals surface area contributed by atoms with E-state index in [1.807, 2.05) is 12.2 Å². The predicted molar refractivity (Wildman–Crippen MR) is 250 cm³/mol. The van der Waals surface area contributed by atoms with Crippen molar-refractivity contribution >= 4 is 19.8 Å². The summed E-state index contributed by atoms with van der Waals surface area (Å²) >= 11 is 0. The van der Waals surface area contributed by atoms with Crippen LogP contribution in [-0.2, 0) is 32.7 Å². The Kier molecular flexibility index (Phi) is 35.2. The summed E-state index contributed by atoms with van der Waals surface area (Å²) in [5.74, 6) is -1.30. The van der Waals surface area contributed by atoms with Crippen LogP contribution in [0.1, 0.15) is 149 Å². The predicted octanol–water partition coefficient (Wildman–Crippen LogP) is 8.25. The molecule has 366 valence electrons. The molecule has 0 saturated heterocycles. The van der Waals surface area contributed by atoms with Gasteiger partial charge in [0.1, 0.15) is 43.2 Å². The molecule has 0 aromatic rings. The molecule has 1 fully saturated rings. The summed E-state index contributed by atoms with van der Waals surface area (Å²) in [6.45, 7) is 3.01. The molecule has 1 saturated carbocycles. The van der Waals surface area contributed by atoms with Crippen LogP contribution in [0.4, 0.5) is 0 Å². The molecule has 7 N–H and O–H groups in total. The number of aliphatic hydroxyl groups is 6. The fourth-order valence-electron chi connectivity index (χ4n) is 6.51. The summed E-state index contributed by atoms with van der Waals surface area (Å²) in [5, 5.41) is 60.4. The van der Waals surface area contributed by atoms with Crippen molar-refractivity contribution < 1.29 is 68.2 Å². The molecule has 0 bridgehead atoms. The minimum absolute atomic E-state index is 0.0452. The first-order valence-corrected chi connectivity index (χ1v) is 25.0. The molecule has 4 unspecified atom stereocenters. The van der Waals surface area contributed by atoms with Crippen LogP contribution in [0.15, 0.2) is 85.1 Å². The molecular weight excluding hydrogens is 843 g/mol. The number of hydrogen-bond acceptors (Lipinski definition) is 13. The molecule has 1 aliphatic carbocycles. The molecule has 0 aliphatic heterocycles. The number of hydrogen-bond donors (Lipinski definition) is 7. The van der Waals surface area contributed by atoms with Crippen LogP contribution in [-0.4, -0.2) is 110 Å². The molecule has 1 aliphatic rings. The number of aliphatic hydroxyl groups excluding tert-OH is 6. The minimum Gasteiger partial charge on any atom is -0.462 e. The zero-order valence-electron chi connectivity index (χ0n) is 38.4. The number of ether oxygens (including phenoxy) is 2. The van der Waals surface area contributed by atoms with Gasteiger partial charge in [-0.25, -0.2) is 4.57 Å². The van der Waals surface area contributed by atoms with Gasteiger partial charge >= 0.3 is 19.8 Å². The van der Waals surface area contributed by atoms with Gasteiger partial charge in [0.05, 0.1) is 12.7 Å². The van der Waals surface area contributed by atoms with E-state index in [4.69, 9.17) is 18.5 Å². The van der Waals surface area contributed by atoms with Gasteiger partial charge in [-0.05, 0) is 70.6 Å². The number of carbonyl (C=O) groups is 2. The molecule has 64 heavy (non-hydrogen) atoms. The summed E-state index contributed by atoms with van der Waals surface area (Å²) in [5.41, 5.74) is 0. The van der Waals surface area contributed by atoms with Crippen molar-refractivity contribution in [3.63, 3.8) is 0 Å². The Balaban J connectivity index is 2.56. The minimum atomic E-state index is -5.17. The van der Waals surface area contributed by atoms with Gasteiger partial charge in [0.25, 0.3) is 0 Å². The van der Waals surface area contributed by atoms with Gasteiger partial charge in [0.15, 0.2) is 6.10 Å². The van der Waals surface area contributed by atoms with Gasteiger partial charge in [0.2, 0.25) is 0 Å². The number of phosphoric acid groups is 1.